The first-order chi connectivity index (χ1) is 11.5. The molecule has 6 heteroatoms. The average molecular weight is 360 g/mol. The Morgan fingerprint density at radius 2 is 1.88 bits per heavy atom. The highest BCUT2D eigenvalue weighted by Crippen LogP contribution is 2.25. The van der Waals surface area contributed by atoms with Gasteiger partial charge >= 0.3 is 0 Å². The second-order valence-electron chi connectivity index (χ2n) is 5.41. The lowest BCUT2D eigenvalue weighted by Gasteiger charge is -2.11. The first-order valence-electron chi connectivity index (χ1n) is 7.27. The van der Waals surface area contributed by atoms with E-state index in [9.17, 15) is 0 Å². The lowest BCUT2D eigenvalue weighted by molar-refractivity contribution is 0.410. The van der Waals surface area contributed by atoms with Gasteiger partial charge < -0.3 is 9.42 Å². The van der Waals surface area contributed by atoms with Gasteiger partial charge in [-0.25, -0.2) is 0 Å². The number of rotatable bonds is 4. The molecule has 122 valence electrons. The van der Waals surface area contributed by atoms with Crippen LogP contribution < -0.4 is 4.90 Å². The molecule has 0 saturated heterocycles. The normalized spacial score (nSPS) is 11.6. The van der Waals surface area contributed by atoms with Crippen LogP contribution in [0.3, 0.4) is 0 Å². The molecule has 1 aromatic heterocycles. The van der Waals surface area contributed by atoms with Gasteiger partial charge in [0.25, 0.3) is 5.89 Å². The Hall–Kier alpha value is -2.30. The average Bonchev–Trinajstić information content (AvgIpc) is 3.05. The molecule has 0 unspecified atom stereocenters. The predicted octanol–water partition coefficient (Wildman–Crippen LogP) is 5.19. The molecule has 0 aliphatic heterocycles. The maximum absolute atomic E-state index is 6.30. The molecule has 0 spiro atoms. The zero-order valence-electron chi connectivity index (χ0n) is 13.2. The minimum Gasteiger partial charge on any atom is -0.378 e. The van der Waals surface area contributed by atoms with E-state index in [1.54, 1.807) is 18.2 Å². The van der Waals surface area contributed by atoms with E-state index in [4.69, 9.17) is 27.7 Å². The Morgan fingerprint density at radius 3 is 2.54 bits per heavy atom. The maximum atomic E-state index is 6.30. The Bertz CT molecular complexity index is 870. The maximum Gasteiger partial charge on any atom is 0.269 e. The first kappa shape index (κ1) is 16.6. The number of aromatic nitrogens is 2. The molecule has 2 aromatic carbocycles. The van der Waals surface area contributed by atoms with Gasteiger partial charge in [0, 0.05) is 30.4 Å². The van der Waals surface area contributed by atoms with Crippen LogP contribution in [0.1, 0.15) is 11.5 Å². The fourth-order valence-electron chi connectivity index (χ4n) is 2.14. The van der Waals surface area contributed by atoms with Crippen molar-refractivity contribution in [3.63, 3.8) is 0 Å². The Balaban J connectivity index is 1.83. The largest absolute Gasteiger partial charge is 0.378 e. The molecule has 0 bridgehead atoms. The molecule has 3 aromatic rings. The van der Waals surface area contributed by atoms with Crippen LogP contribution in [0, 0.1) is 0 Å². The third kappa shape index (κ3) is 3.78. The van der Waals surface area contributed by atoms with Crippen molar-refractivity contribution in [1.82, 2.24) is 10.1 Å². The van der Waals surface area contributed by atoms with Crippen LogP contribution in [0.2, 0.25) is 5.02 Å². The van der Waals surface area contributed by atoms with Crippen LogP contribution in [0.5, 0.6) is 0 Å². The van der Waals surface area contributed by atoms with Crippen LogP contribution in [0.25, 0.3) is 22.5 Å². The van der Waals surface area contributed by atoms with Gasteiger partial charge in [-0.05, 0) is 35.9 Å². The highest BCUT2D eigenvalue weighted by atomic mass is 35.5. The van der Waals surface area contributed by atoms with Crippen molar-refractivity contribution in [1.29, 1.82) is 0 Å². The summed E-state index contributed by atoms with van der Waals surface area (Å²) in [7, 11) is 3.99. The second kappa shape index (κ2) is 7.07. The monoisotopic (exact) mass is 359 g/mol. The van der Waals surface area contributed by atoms with E-state index in [1.807, 2.05) is 55.4 Å². The minimum absolute atomic E-state index is 0.267. The van der Waals surface area contributed by atoms with E-state index < -0.39 is 0 Å². The van der Waals surface area contributed by atoms with Crippen LogP contribution in [0.15, 0.2) is 53.1 Å². The van der Waals surface area contributed by atoms with Crippen LogP contribution in [-0.4, -0.2) is 24.2 Å². The van der Waals surface area contributed by atoms with Crippen molar-refractivity contribution < 1.29 is 4.52 Å². The van der Waals surface area contributed by atoms with E-state index in [2.05, 4.69) is 10.1 Å². The summed E-state index contributed by atoms with van der Waals surface area (Å²) in [5, 5.41) is 4.95. The van der Waals surface area contributed by atoms with Gasteiger partial charge in [-0.3, -0.25) is 0 Å². The van der Waals surface area contributed by atoms with Gasteiger partial charge in [-0.15, -0.1) is 0 Å². The van der Waals surface area contributed by atoms with Crippen molar-refractivity contribution in [3.05, 3.63) is 65.0 Å². The molecule has 0 amide bonds. The standard InChI is InChI=1S/C18H15Cl2N3O/c1-23(2)15-8-6-12(7-9-15)10-16(20)18-21-17(22-24-18)13-4-3-5-14(19)11-13/h3-11H,1-2H3/b16-10-. The van der Waals surface area contributed by atoms with Crippen LogP contribution >= 0.6 is 23.2 Å². The van der Waals surface area contributed by atoms with Gasteiger partial charge in [0.1, 0.15) is 5.03 Å². The summed E-state index contributed by atoms with van der Waals surface area (Å²) in [6.07, 6.45) is 1.79. The van der Waals surface area contributed by atoms with Crippen molar-refractivity contribution in [2.24, 2.45) is 0 Å². The molecule has 4 nitrogen and oxygen atoms in total. The van der Waals surface area contributed by atoms with E-state index in [1.165, 1.54) is 0 Å². The number of hydrogen-bond donors (Lipinski definition) is 0. The SMILES string of the molecule is CN(C)c1ccc(/C=C(\Cl)c2nc(-c3cccc(Cl)c3)no2)cc1. The Labute approximate surface area is 150 Å². The molecule has 0 N–H and O–H groups in total. The molecule has 0 saturated carbocycles. The topological polar surface area (TPSA) is 42.2 Å². The quantitative estimate of drug-likeness (QED) is 0.642. The summed E-state index contributed by atoms with van der Waals surface area (Å²) >= 11 is 12.3. The Kier molecular flexibility index (Phi) is 4.88. The Morgan fingerprint density at radius 1 is 1.12 bits per heavy atom. The van der Waals surface area contributed by atoms with Crippen molar-refractivity contribution in [3.8, 4) is 11.4 Å². The van der Waals surface area contributed by atoms with E-state index in [0.29, 0.717) is 15.9 Å². The predicted molar refractivity (Wildman–Crippen MR) is 99.2 cm³/mol. The van der Waals surface area contributed by atoms with Gasteiger partial charge in [0.05, 0.1) is 0 Å². The lowest BCUT2D eigenvalue weighted by atomic mass is 10.2. The van der Waals surface area contributed by atoms with Crippen LogP contribution in [0.4, 0.5) is 5.69 Å². The molecule has 24 heavy (non-hydrogen) atoms. The molecule has 1 heterocycles. The fourth-order valence-corrected chi connectivity index (χ4v) is 2.54. The molecule has 3 rings (SSSR count). The third-order valence-corrected chi connectivity index (χ3v) is 3.92. The molecule has 0 atom stereocenters. The van der Waals surface area contributed by atoms with Crippen LogP contribution in [-0.2, 0) is 0 Å². The highest BCUT2D eigenvalue weighted by molar-refractivity contribution is 6.50. The summed E-state index contributed by atoms with van der Waals surface area (Å²) in [4.78, 5) is 6.35. The molecule has 0 radical (unpaired) electrons. The fraction of sp³-hybridized carbons (Fsp3) is 0.111. The molecular formula is C18H15Cl2N3O. The lowest BCUT2D eigenvalue weighted by Crippen LogP contribution is -2.07. The first-order valence-corrected chi connectivity index (χ1v) is 8.03. The molecular weight excluding hydrogens is 345 g/mol. The van der Waals surface area contributed by atoms with Gasteiger partial charge in [-0.1, -0.05) is 52.6 Å². The van der Waals surface area contributed by atoms with Gasteiger partial charge in [0.2, 0.25) is 5.82 Å². The summed E-state index contributed by atoms with van der Waals surface area (Å²) in [5.74, 6) is 0.713. The minimum atomic E-state index is 0.267. The van der Waals surface area contributed by atoms with E-state index in [0.717, 1.165) is 16.8 Å². The van der Waals surface area contributed by atoms with Crippen molar-refractivity contribution in [2.75, 3.05) is 19.0 Å². The third-order valence-electron chi connectivity index (χ3n) is 3.42. The van der Waals surface area contributed by atoms with Crippen molar-refractivity contribution in [2.45, 2.75) is 0 Å². The second-order valence-corrected chi connectivity index (χ2v) is 6.26. The summed E-state index contributed by atoms with van der Waals surface area (Å²) in [5.41, 5.74) is 2.84. The highest BCUT2D eigenvalue weighted by Gasteiger charge is 2.11. The number of anilines is 1. The number of hydrogen-bond acceptors (Lipinski definition) is 4. The van der Waals surface area contributed by atoms with E-state index >= 15 is 0 Å². The molecule has 0 aliphatic carbocycles. The number of benzene rings is 2. The summed E-state index contributed by atoms with van der Waals surface area (Å²) in [6, 6.07) is 15.2. The summed E-state index contributed by atoms with van der Waals surface area (Å²) < 4.78 is 5.24. The van der Waals surface area contributed by atoms with E-state index in [-0.39, 0.29) is 5.89 Å². The number of nitrogens with zero attached hydrogens (tertiary/aromatic N) is 3. The summed E-state index contributed by atoms with van der Waals surface area (Å²) in [6.45, 7) is 0. The zero-order chi connectivity index (χ0) is 17.1. The number of halogens is 2. The zero-order valence-corrected chi connectivity index (χ0v) is 14.7. The van der Waals surface area contributed by atoms with Crippen molar-refractivity contribution >= 4 is 40.0 Å². The molecule has 0 fully saturated rings. The van der Waals surface area contributed by atoms with Gasteiger partial charge in [-0.2, -0.15) is 4.98 Å². The van der Waals surface area contributed by atoms with Gasteiger partial charge in [0.15, 0.2) is 0 Å². The smallest absolute Gasteiger partial charge is 0.269 e. The molecule has 0 aliphatic rings.